The maximum absolute atomic E-state index is 12.0. The summed E-state index contributed by atoms with van der Waals surface area (Å²) in [5, 5.41) is 3.25. The number of alkyl halides is 3. The van der Waals surface area contributed by atoms with Crippen molar-refractivity contribution in [1.82, 2.24) is 5.32 Å². The third kappa shape index (κ3) is 4.63. The number of nitrogens with zero attached hydrogens (tertiary/aromatic N) is 1. The largest absolute Gasteiger partial charge is 0.493 e. The van der Waals surface area contributed by atoms with Crippen molar-refractivity contribution in [2.75, 3.05) is 37.7 Å². The third-order valence-electron chi connectivity index (χ3n) is 2.95. The Morgan fingerprint density at radius 2 is 1.95 bits per heavy atom. The quantitative estimate of drug-likeness (QED) is 0.912. The number of nitrogens with one attached hydrogen (secondary N) is 1. The molecule has 0 aliphatic carbocycles. The van der Waals surface area contributed by atoms with Crippen LogP contribution in [0.3, 0.4) is 0 Å². The summed E-state index contributed by atoms with van der Waals surface area (Å²) in [6.07, 6.45) is -5.10. The van der Waals surface area contributed by atoms with Gasteiger partial charge in [0.25, 0.3) is 0 Å². The molecule has 0 atom stereocenters. The monoisotopic (exact) mass is 274 g/mol. The summed E-state index contributed by atoms with van der Waals surface area (Å²) >= 11 is 0. The summed E-state index contributed by atoms with van der Waals surface area (Å²) in [6, 6.07) is 7.23. The molecule has 106 valence electrons. The minimum Gasteiger partial charge on any atom is -0.493 e. The number of halogens is 3. The highest BCUT2D eigenvalue weighted by Gasteiger charge is 2.26. The standard InChI is InChI=1S/C13H17F3N2O/c14-13(15,16)4-9-19-12-3-1-2-11(10-12)18-7-5-17-6-8-18/h1-3,10,17H,4-9H2. The van der Waals surface area contributed by atoms with E-state index in [1.807, 2.05) is 6.07 Å². The van der Waals surface area contributed by atoms with E-state index in [-0.39, 0.29) is 6.61 Å². The summed E-state index contributed by atoms with van der Waals surface area (Å²) in [7, 11) is 0. The fourth-order valence-electron chi connectivity index (χ4n) is 1.98. The second-order valence-corrected chi connectivity index (χ2v) is 4.45. The molecule has 0 bridgehead atoms. The van der Waals surface area contributed by atoms with Crippen LogP contribution in [0, 0.1) is 0 Å². The molecule has 19 heavy (non-hydrogen) atoms. The van der Waals surface area contributed by atoms with Crippen molar-refractivity contribution in [3.63, 3.8) is 0 Å². The summed E-state index contributed by atoms with van der Waals surface area (Å²) in [5.41, 5.74) is 0.992. The van der Waals surface area contributed by atoms with Crippen LogP contribution >= 0.6 is 0 Å². The van der Waals surface area contributed by atoms with E-state index in [0.29, 0.717) is 5.75 Å². The lowest BCUT2D eigenvalue weighted by atomic mass is 10.2. The van der Waals surface area contributed by atoms with Crippen molar-refractivity contribution < 1.29 is 17.9 Å². The van der Waals surface area contributed by atoms with Gasteiger partial charge >= 0.3 is 6.18 Å². The molecule has 1 aliphatic heterocycles. The fraction of sp³-hybridized carbons (Fsp3) is 0.538. The van der Waals surface area contributed by atoms with E-state index in [2.05, 4.69) is 10.2 Å². The molecule has 0 aromatic heterocycles. The molecule has 0 amide bonds. The van der Waals surface area contributed by atoms with Gasteiger partial charge in [-0.2, -0.15) is 13.2 Å². The molecule has 1 N–H and O–H groups in total. The number of hydrogen-bond donors (Lipinski definition) is 1. The number of ether oxygens (including phenoxy) is 1. The zero-order chi connectivity index (χ0) is 13.7. The fourth-order valence-corrected chi connectivity index (χ4v) is 1.98. The van der Waals surface area contributed by atoms with Crippen LogP contribution in [0.5, 0.6) is 5.75 Å². The van der Waals surface area contributed by atoms with Gasteiger partial charge in [0.15, 0.2) is 0 Å². The predicted octanol–water partition coefficient (Wildman–Crippen LogP) is 2.43. The molecular weight excluding hydrogens is 257 g/mol. The van der Waals surface area contributed by atoms with Gasteiger partial charge in [0, 0.05) is 37.9 Å². The average Bonchev–Trinajstić information content (AvgIpc) is 2.39. The predicted molar refractivity (Wildman–Crippen MR) is 67.7 cm³/mol. The van der Waals surface area contributed by atoms with Gasteiger partial charge in [-0.15, -0.1) is 0 Å². The highest BCUT2D eigenvalue weighted by Crippen LogP contribution is 2.23. The number of piperazine rings is 1. The molecule has 0 spiro atoms. The van der Waals surface area contributed by atoms with E-state index in [4.69, 9.17) is 4.74 Å². The van der Waals surface area contributed by atoms with Crippen molar-refractivity contribution in [3.8, 4) is 5.75 Å². The Kier molecular flexibility index (Phi) is 4.52. The molecule has 3 nitrogen and oxygen atoms in total. The van der Waals surface area contributed by atoms with Crippen LogP contribution in [0.2, 0.25) is 0 Å². The van der Waals surface area contributed by atoms with Gasteiger partial charge in [0.05, 0.1) is 13.0 Å². The van der Waals surface area contributed by atoms with Crippen molar-refractivity contribution in [1.29, 1.82) is 0 Å². The molecule has 1 aromatic rings. The first-order chi connectivity index (χ1) is 9.04. The van der Waals surface area contributed by atoms with Gasteiger partial charge < -0.3 is 15.0 Å². The Morgan fingerprint density at radius 1 is 1.21 bits per heavy atom. The van der Waals surface area contributed by atoms with Gasteiger partial charge in [0.1, 0.15) is 5.75 Å². The summed E-state index contributed by atoms with van der Waals surface area (Å²) in [6.45, 7) is 3.28. The molecular formula is C13H17F3N2O. The van der Waals surface area contributed by atoms with E-state index >= 15 is 0 Å². The summed E-state index contributed by atoms with van der Waals surface area (Å²) < 4.78 is 41.3. The van der Waals surface area contributed by atoms with Gasteiger partial charge in [-0.3, -0.25) is 0 Å². The lowest BCUT2D eigenvalue weighted by molar-refractivity contribution is -0.139. The SMILES string of the molecule is FC(F)(F)CCOc1cccc(N2CCNCC2)c1. The van der Waals surface area contributed by atoms with Gasteiger partial charge in [-0.25, -0.2) is 0 Å². The van der Waals surface area contributed by atoms with Gasteiger partial charge in [-0.1, -0.05) is 6.07 Å². The molecule has 6 heteroatoms. The number of hydrogen-bond acceptors (Lipinski definition) is 3. The molecule has 1 saturated heterocycles. The normalized spacial score (nSPS) is 16.5. The number of benzene rings is 1. The average molecular weight is 274 g/mol. The highest BCUT2D eigenvalue weighted by atomic mass is 19.4. The van der Waals surface area contributed by atoms with Crippen molar-refractivity contribution >= 4 is 5.69 Å². The molecule has 1 heterocycles. The maximum atomic E-state index is 12.0. The molecule has 2 rings (SSSR count). The van der Waals surface area contributed by atoms with Gasteiger partial charge in [0.2, 0.25) is 0 Å². The lowest BCUT2D eigenvalue weighted by Gasteiger charge is -2.29. The van der Waals surface area contributed by atoms with Crippen LogP contribution in [-0.4, -0.2) is 39.0 Å². The van der Waals surface area contributed by atoms with Crippen molar-refractivity contribution in [2.45, 2.75) is 12.6 Å². The van der Waals surface area contributed by atoms with Crippen LogP contribution in [0.4, 0.5) is 18.9 Å². The van der Waals surface area contributed by atoms with Crippen LogP contribution < -0.4 is 15.0 Å². The number of rotatable bonds is 4. The maximum Gasteiger partial charge on any atom is 0.392 e. The van der Waals surface area contributed by atoms with E-state index < -0.39 is 12.6 Å². The minimum absolute atomic E-state index is 0.339. The molecule has 1 aliphatic rings. The van der Waals surface area contributed by atoms with Crippen LogP contribution in [-0.2, 0) is 0 Å². The van der Waals surface area contributed by atoms with Crippen LogP contribution in [0.15, 0.2) is 24.3 Å². The van der Waals surface area contributed by atoms with E-state index in [1.165, 1.54) is 0 Å². The Labute approximate surface area is 110 Å². The Balaban J connectivity index is 1.91. The molecule has 0 saturated carbocycles. The minimum atomic E-state index is -4.17. The first kappa shape index (κ1) is 14.0. The van der Waals surface area contributed by atoms with Gasteiger partial charge in [-0.05, 0) is 12.1 Å². The third-order valence-corrected chi connectivity index (χ3v) is 2.95. The van der Waals surface area contributed by atoms with Crippen molar-refractivity contribution in [3.05, 3.63) is 24.3 Å². The van der Waals surface area contributed by atoms with Crippen molar-refractivity contribution in [2.24, 2.45) is 0 Å². The summed E-state index contributed by atoms with van der Waals surface area (Å²) in [4.78, 5) is 2.19. The Bertz CT molecular complexity index is 403. The van der Waals surface area contributed by atoms with E-state index in [1.54, 1.807) is 18.2 Å². The van der Waals surface area contributed by atoms with E-state index in [0.717, 1.165) is 31.9 Å². The Hall–Kier alpha value is -1.43. The molecule has 1 aromatic carbocycles. The van der Waals surface area contributed by atoms with Crippen LogP contribution in [0.25, 0.3) is 0 Å². The highest BCUT2D eigenvalue weighted by molar-refractivity contribution is 5.51. The molecule has 0 unspecified atom stereocenters. The second kappa shape index (κ2) is 6.14. The lowest BCUT2D eigenvalue weighted by Crippen LogP contribution is -2.43. The first-order valence-corrected chi connectivity index (χ1v) is 6.30. The Morgan fingerprint density at radius 3 is 2.63 bits per heavy atom. The zero-order valence-corrected chi connectivity index (χ0v) is 10.5. The smallest absolute Gasteiger partial charge is 0.392 e. The molecule has 1 fully saturated rings. The summed E-state index contributed by atoms with van der Waals surface area (Å²) in [5.74, 6) is 0.486. The molecule has 0 radical (unpaired) electrons. The van der Waals surface area contributed by atoms with E-state index in [9.17, 15) is 13.2 Å². The topological polar surface area (TPSA) is 24.5 Å². The first-order valence-electron chi connectivity index (χ1n) is 6.30. The second-order valence-electron chi connectivity index (χ2n) is 4.45. The van der Waals surface area contributed by atoms with Crippen LogP contribution in [0.1, 0.15) is 6.42 Å². The zero-order valence-electron chi connectivity index (χ0n) is 10.5. The number of anilines is 1.